The van der Waals surface area contributed by atoms with Gasteiger partial charge >= 0.3 is 0 Å². The molecule has 0 radical (unpaired) electrons. The Hall–Kier alpha value is -2.67. The smallest absolute Gasteiger partial charge is 0.262 e. The molecule has 3 aromatic rings. The van der Waals surface area contributed by atoms with Crippen LogP contribution in [0.25, 0.3) is 9.40 Å². The number of aromatic nitrogens is 1. The lowest BCUT2D eigenvalue weighted by atomic mass is 9.87. The number of hydrogen-bond donors (Lipinski definition) is 2. The number of carbonyl (C=O) groups excluding carboxylic acids is 3. The van der Waals surface area contributed by atoms with Gasteiger partial charge in [-0.25, -0.2) is 13.4 Å². The average Bonchev–Trinajstić information content (AvgIpc) is 3.43. The Labute approximate surface area is 230 Å². The van der Waals surface area contributed by atoms with Crippen LogP contribution in [0.3, 0.4) is 0 Å². The third kappa shape index (κ3) is 6.48. The van der Waals surface area contributed by atoms with Crippen molar-refractivity contribution in [3.63, 3.8) is 0 Å². The molecule has 2 N–H and O–H groups in total. The maximum atomic E-state index is 13.4. The van der Waals surface area contributed by atoms with Crippen LogP contribution in [0.4, 0.5) is 0 Å². The number of pyridine rings is 1. The van der Waals surface area contributed by atoms with E-state index >= 15 is 0 Å². The zero-order chi connectivity index (χ0) is 27.7. The van der Waals surface area contributed by atoms with Gasteiger partial charge in [-0.3, -0.25) is 14.4 Å². The molecule has 2 amide bonds. The van der Waals surface area contributed by atoms with Crippen LogP contribution in [0, 0.1) is 5.41 Å². The van der Waals surface area contributed by atoms with Crippen LogP contribution in [0.2, 0.25) is 0 Å². The molecule has 3 atom stereocenters. The van der Waals surface area contributed by atoms with Crippen molar-refractivity contribution in [3.8, 4) is 0 Å². The second kappa shape index (κ2) is 11.2. The maximum absolute atomic E-state index is 13.4. The summed E-state index contributed by atoms with van der Waals surface area (Å²) in [5, 5.41) is 7.51. The standard InChI is InChI=1S/C26H32N4O5S3/c1-16-8-9-17(19(31)15-30(16)38(34,35)23-7-5-6-11-27-23)28-24(32)18(14-26(2,3)4)29-25(33)22-13-21-20(37-22)10-12-36-21/h5-7,10-13,16-18H,8-9,14-15H2,1-4H3,(H,28,32)(H,29,33)/t16-,17+,18+/m1/s1. The van der Waals surface area contributed by atoms with Crippen molar-refractivity contribution in [1.29, 1.82) is 0 Å². The highest BCUT2D eigenvalue weighted by Crippen LogP contribution is 2.30. The van der Waals surface area contributed by atoms with E-state index in [4.69, 9.17) is 0 Å². The molecule has 0 aliphatic carbocycles. The molecule has 38 heavy (non-hydrogen) atoms. The zero-order valence-electron chi connectivity index (χ0n) is 21.8. The van der Waals surface area contributed by atoms with Gasteiger partial charge in [0.2, 0.25) is 5.91 Å². The molecule has 1 fully saturated rings. The van der Waals surface area contributed by atoms with Crippen LogP contribution >= 0.6 is 22.7 Å². The van der Waals surface area contributed by atoms with E-state index in [2.05, 4.69) is 15.6 Å². The monoisotopic (exact) mass is 576 g/mol. The van der Waals surface area contributed by atoms with E-state index in [9.17, 15) is 22.8 Å². The Kier molecular flexibility index (Phi) is 8.36. The van der Waals surface area contributed by atoms with Gasteiger partial charge in [-0.1, -0.05) is 26.8 Å². The van der Waals surface area contributed by atoms with Gasteiger partial charge in [-0.2, -0.15) is 4.31 Å². The maximum Gasteiger partial charge on any atom is 0.262 e. The average molecular weight is 577 g/mol. The summed E-state index contributed by atoms with van der Waals surface area (Å²) in [5.41, 5.74) is -0.277. The van der Waals surface area contributed by atoms with Crippen LogP contribution in [-0.4, -0.2) is 60.0 Å². The fourth-order valence-electron chi connectivity index (χ4n) is 4.43. The first-order valence-corrected chi connectivity index (χ1v) is 15.5. The van der Waals surface area contributed by atoms with E-state index in [0.717, 1.165) is 13.7 Å². The summed E-state index contributed by atoms with van der Waals surface area (Å²) < 4.78 is 29.5. The summed E-state index contributed by atoms with van der Waals surface area (Å²) >= 11 is 2.92. The molecule has 9 nitrogen and oxygen atoms in total. The van der Waals surface area contributed by atoms with Gasteiger partial charge in [-0.05, 0) is 61.2 Å². The lowest BCUT2D eigenvalue weighted by Gasteiger charge is -2.27. The van der Waals surface area contributed by atoms with Gasteiger partial charge in [0.25, 0.3) is 15.9 Å². The van der Waals surface area contributed by atoms with Gasteiger partial charge < -0.3 is 10.6 Å². The van der Waals surface area contributed by atoms with Crippen molar-refractivity contribution in [2.24, 2.45) is 5.41 Å². The summed E-state index contributed by atoms with van der Waals surface area (Å²) in [5.74, 6) is -1.20. The van der Waals surface area contributed by atoms with Gasteiger partial charge in [0, 0.05) is 21.6 Å². The molecule has 4 heterocycles. The van der Waals surface area contributed by atoms with E-state index in [-0.39, 0.29) is 29.3 Å². The number of hydrogen-bond acceptors (Lipinski definition) is 8. The van der Waals surface area contributed by atoms with E-state index < -0.39 is 39.8 Å². The molecule has 204 valence electrons. The SMILES string of the molecule is C[C@@H]1CC[C@H](NC(=O)[C@H](CC(C)(C)C)NC(=O)c2cc3sccc3s2)C(=O)CN1S(=O)(=O)c1ccccn1. The molecule has 1 aliphatic rings. The normalized spacial score (nSPS) is 20.2. The van der Waals surface area contributed by atoms with Gasteiger partial charge in [-0.15, -0.1) is 22.7 Å². The zero-order valence-corrected chi connectivity index (χ0v) is 24.2. The molecule has 0 saturated carbocycles. The van der Waals surface area contributed by atoms with Crippen LogP contribution in [-0.2, 0) is 19.6 Å². The summed E-state index contributed by atoms with van der Waals surface area (Å²) in [6, 6.07) is 6.20. The number of amides is 2. The van der Waals surface area contributed by atoms with Crippen molar-refractivity contribution in [2.75, 3.05) is 6.54 Å². The summed E-state index contributed by atoms with van der Waals surface area (Å²) in [6.45, 7) is 7.29. The van der Waals surface area contributed by atoms with Crippen LogP contribution in [0.5, 0.6) is 0 Å². The molecular weight excluding hydrogens is 545 g/mol. The number of carbonyl (C=O) groups is 3. The number of fused-ring (bicyclic) bond motifs is 1. The van der Waals surface area contributed by atoms with Crippen LogP contribution in [0.15, 0.2) is 46.9 Å². The second-order valence-electron chi connectivity index (χ2n) is 10.7. The Morgan fingerprint density at radius 1 is 1.18 bits per heavy atom. The number of nitrogens with one attached hydrogen (secondary N) is 2. The van der Waals surface area contributed by atoms with E-state index in [1.165, 1.54) is 23.6 Å². The third-order valence-corrected chi connectivity index (χ3v) is 10.4. The first-order valence-electron chi connectivity index (χ1n) is 12.4. The van der Waals surface area contributed by atoms with Crippen LogP contribution in [0.1, 0.15) is 56.6 Å². The Balaban J connectivity index is 1.48. The molecule has 4 rings (SSSR count). The minimum Gasteiger partial charge on any atom is -0.344 e. The molecule has 12 heteroatoms. The number of thiophene rings is 2. The van der Waals surface area contributed by atoms with Crippen molar-refractivity contribution in [3.05, 3.63) is 46.8 Å². The minimum absolute atomic E-state index is 0.122. The molecule has 0 spiro atoms. The molecular formula is C26H32N4O5S3. The van der Waals surface area contributed by atoms with Crippen LogP contribution < -0.4 is 10.6 Å². The number of rotatable bonds is 7. The first-order chi connectivity index (χ1) is 17.8. The molecule has 0 unspecified atom stereocenters. The fraction of sp³-hybridized carbons (Fsp3) is 0.462. The number of Topliss-reactive ketones (excluding diaryl/α,β-unsaturated/α-hetero) is 1. The molecule has 3 aromatic heterocycles. The van der Waals surface area contributed by atoms with Crippen molar-refractivity contribution < 1.29 is 22.8 Å². The lowest BCUT2D eigenvalue weighted by Crippen LogP contribution is -2.53. The number of sulfonamides is 1. The summed E-state index contributed by atoms with van der Waals surface area (Å²) in [6.07, 6.45) is 2.42. The van der Waals surface area contributed by atoms with Crippen molar-refractivity contribution in [1.82, 2.24) is 19.9 Å². The molecule has 0 bridgehead atoms. The third-order valence-electron chi connectivity index (χ3n) is 6.39. The second-order valence-corrected chi connectivity index (χ2v) is 14.6. The van der Waals surface area contributed by atoms with Gasteiger partial charge in [0.05, 0.1) is 17.5 Å². The van der Waals surface area contributed by atoms with Crippen molar-refractivity contribution in [2.45, 2.75) is 70.1 Å². The Morgan fingerprint density at radius 2 is 1.95 bits per heavy atom. The molecule has 0 aromatic carbocycles. The number of nitrogens with zero attached hydrogens (tertiary/aromatic N) is 2. The minimum atomic E-state index is -3.98. The predicted molar refractivity (Wildman–Crippen MR) is 149 cm³/mol. The summed E-state index contributed by atoms with van der Waals surface area (Å²) in [7, 11) is -3.98. The largest absolute Gasteiger partial charge is 0.344 e. The highest BCUT2D eigenvalue weighted by Gasteiger charge is 2.38. The summed E-state index contributed by atoms with van der Waals surface area (Å²) in [4.78, 5) is 44.1. The highest BCUT2D eigenvalue weighted by molar-refractivity contribution is 7.89. The van der Waals surface area contributed by atoms with Gasteiger partial charge in [0.15, 0.2) is 10.8 Å². The van der Waals surface area contributed by atoms with E-state index in [0.29, 0.717) is 17.7 Å². The predicted octanol–water partition coefficient (Wildman–Crippen LogP) is 3.82. The number of ketones is 1. The highest BCUT2D eigenvalue weighted by atomic mass is 32.2. The van der Waals surface area contributed by atoms with E-state index in [1.54, 1.807) is 30.4 Å². The topological polar surface area (TPSA) is 126 Å². The Bertz CT molecular complexity index is 1400. The molecule has 1 aliphatic heterocycles. The van der Waals surface area contributed by atoms with E-state index in [1.807, 2.05) is 38.3 Å². The quantitative estimate of drug-likeness (QED) is 0.441. The molecule has 1 saturated heterocycles. The lowest BCUT2D eigenvalue weighted by molar-refractivity contribution is -0.129. The van der Waals surface area contributed by atoms with Crippen molar-refractivity contribution >= 4 is 59.7 Å². The first kappa shape index (κ1) is 28.3. The van der Waals surface area contributed by atoms with Gasteiger partial charge in [0.1, 0.15) is 6.04 Å². The Morgan fingerprint density at radius 3 is 2.61 bits per heavy atom. The fourth-order valence-corrected chi connectivity index (χ4v) is 8.00.